The standard InChI is InChI=1S/C23H20F2N2O/c1-22(2)11-21-18(10-15-9-17(25)7-8-19(15)26-21)23(13-22)12-20(27-28-23)14-3-5-16(24)6-4-14/h3-10H,11-13H2,1-2H3/t23-/m1/s1. The summed E-state index contributed by atoms with van der Waals surface area (Å²) < 4.78 is 27.1. The first-order chi connectivity index (χ1) is 13.3. The molecule has 3 aromatic rings. The molecule has 142 valence electrons. The molecule has 0 unspecified atom stereocenters. The highest BCUT2D eigenvalue weighted by molar-refractivity contribution is 6.01. The molecule has 2 aliphatic rings. The van der Waals surface area contributed by atoms with Gasteiger partial charge in [0, 0.05) is 29.5 Å². The average Bonchev–Trinajstić information content (AvgIpc) is 3.04. The lowest BCUT2D eigenvalue weighted by atomic mass is 9.66. The van der Waals surface area contributed by atoms with Crippen LogP contribution in [-0.4, -0.2) is 10.7 Å². The first-order valence-corrected chi connectivity index (χ1v) is 9.44. The summed E-state index contributed by atoms with van der Waals surface area (Å²) in [7, 11) is 0. The van der Waals surface area contributed by atoms with Crippen LogP contribution in [0.5, 0.6) is 0 Å². The SMILES string of the molecule is CC1(C)Cc2nc3ccc(F)cc3cc2[C@@]2(CC(c3ccc(F)cc3)=NO2)C1. The van der Waals surface area contributed by atoms with Crippen LogP contribution < -0.4 is 0 Å². The molecule has 28 heavy (non-hydrogen) atoms. The maximum Gasteiger partial charge on any atom is 0.170 e. The minimum absolute atomic E-state index is 0.0124. The van der Waals surface area contributed by atoms with Crippen LogP contribution in [0.25, 0.3) is 10.9 Å². The Hall–Kier alpha value is -2.82. The van der Waals surface area contributed by atoms with Crippen molar-refractivity contribution in [1.29, 1.82) is 0 Å². The highest BCUT2D eigenvalue weighted by Gasteiger charge is 2.50. The van der Waals surface area contributed by atoms with Crippen LogP contribution in [0.4, 0.5) is 8.78 Å². The molecule has 2 heterocycles. The Kier molecular flexibility index (Phi) is 3.60. The van der Waals surface area contributed by atoms with E-state index in [4.69, 9.17) is 9.82 Å². The summed E-state index contributed by atoms with van der Waals surface area (Å²) in [6.07, 6.45) is 2.19. The van der Waals surface area contributed by atoms with E-state index in [1.165, 1.54) is 24.3 Å². The fourth-order valence-electron chi connectivity index (χ4n) is 4.61. The first-order valence-electron chi connectivity index (χ1n) is 9.44. The monoisotopic (exact) mass is 378 g/mol. The van der Waals surface area contributed by atoms with Gasteiger partial charge in [-0.1, -0.05) is 31.1 Å². The van der Waals surface area contributed by atoms with E-state index in [1.807, 2.05) is 6.07 Å². The van der Waals surface area contributed by atoms with Gasteiger partial charge in [0.25, 0.3) is 0 Å². The third kappa shape index (κ3) is 2.77. The van der Waals surface area contributed by atoms with Gasteiger partial charge < -0.3 is 4.84 Å². The average molecular weight is 378 g/mol. The molecule has 1 atom stereocenters. The third-order valence-corrected chi connectivity index (χ3v) is 5.72. The predicted octanol–water partition coefficient (Wildman–Crippen LogP) is 5.51. The van der Waals surface area contributed by atoms with Crippen LogP contribution in [0.15, 0.2) is 53.7 Å². The smallest absolute Gasteiger partial charge is 0.170 e. The van der Waals surface area contributed by atoms with E-state index in [1.54, 1.807) is 18.2 Å². The maximum atomic E-state index is 13.8. The van der Waals surface area contributed by atoms with Crippen molar-refractivity contribution >= 4 is 16.6 Å². The van der Waals surface area contributed by atoms with Gasteiger partial charge in [0.2, 0.25) is 0 Å². The van der Waals surface area contributed by atoms with Crippen LogP contribution in [0, 0.1) is 17.0 Å². The topological polar surface area (TPSA) is 34.5 Å². The summed E-state index contributed by atoms with van der Waals surface area (Å²) in [4.78, 5) is 10.9. The molecular formula is C23H20F2N2O. The summed E-state index contributed by atoms with van der Waals surface area (Å²) in [6.45, 7) is 4.40. The van der Waals surface area contributed by atoms with Gasteiger partial charge in [0.1, 0.15) is 11.6 Å². The van der Waals surface area contributed by atoms with Gasteiger partial charge in [0.15, 0.2) is 5.60 Å². The Labute approximate surface area is 162 Å². The van der Waals surface area contributed by atoms with Crippen molar-refractivity contribution in [2.45, 2.75) is 38.7 Å². The minimum Gasteiger partial charge on any atom is -0.384 e. The molecule has 1 aliphatic heterocycles. The number of benzene rings is 2. The van der Waals surface area contributed by atoms with Crippen molar-refractivity contribution in [1.82, 2.24) is 4.98 Å². The van der Waals surface area contributed by atoms with Crippen LogP contribution in [-0.2, 0) is 16.9 Å². The van der Waals surface area contributed by atoms with Crippen molar-refractivity contribution in [3.63, 3.8) is 0 Å². The van der Waals surface area contributed by atoms with Crippen molar-refractivity contribution < 1.29 is 13.6 Å². The zero-order valence-electron chi connectivity index (χ0n) is 15.8. The second-order valence-electron chi connectivity index (χ2n) is 8.64. The fraction of sp³-hybridized carbons (Fsp3) is 0.304. The van der Waals surface area contributed by atoms with E-state index in [0.29, 0.717) is 6.42 Å². The Morgan fingerprint density at radius 1 is 0.929 bits per heavy atom. The number of aromatic nitrogens is 1. The highest BCUT2D eigenvalue weighted by atomic mass is 19.1. The Balaban J connectivity index is 1.61. The number of fused-ring (bicyclic) bond motifs is 3. The Morgan fingerprint density at radius 3 is 2.46 bits per heavy atom. The van der Waals surface area contributed by atoms with E-state index in [2.05, 4.69) is 19.0 Å². The Morgan fingerprint density at radius 2 is 1.68 bits per heavy atom. The van der Waals surface area contributed by atoms with Crippen molar-refractivity contribution in [2.24, 2.45) is 10.6 Å². The summed E-state index contributed by atoms with van der Waals surface area (Å²) in [5.41, 5.74) is 3.74. The van der Waals surface area contributed by atoms with Crippen LogP contribution in [0.1, 0.15) is 43.5 Å². The fourth-order valence-corrected chi connectivity index (χ4v) is 4.61. The number of hydrogen-bond acceptors (Lipinski definition) is 3. The molecule has 0 bridgehead atoms. The molecule has 1 aliphatic carbocycles. The van der Waals surface area contributed by atoms with Crippen molar-refractivity contribution in [3.8, 4) is 0 Å². The van der Waals surface area contributed by atoms with Gasteiger partial charge >= 0.3 is 0 Å². The number of halogens is 2. The second-order valence-corrected chi connectivity index (χ2v) is 8.64. The zero-order chi connectivity index (χ0) is 19.5. The van der Waals surface area contributed by atoms with Crippen LogP contribution >= 0.6 is 0 Å². The maximum absolute atomic E-state index is 13.8. The molecule has 0 radical (unpaired) electrons. The zero-order valence-corrected chi connectivity index (χ0v) is 15.8. The molecular weight excluding hydrogens is 358 g/mol. The van der Waals surface area contributed by atoms with E-state index < -0.39 is 5.60 Å². The van der Waals surface area contributed by atoms with E-state index in [-0.39, 0.29) is 17.0 Å². The second kappa shape index (κ2) is 5.84. The van der Waals surface area contributed by atoms with Gasteiger partial charge in [-0.3, -0.25) is 4.98 Å². The lowest BCUT2D eigenvalue weighted by Gasteiger charge is -2.41. The molecule has 5 rings (SSSR count). The first kappa shape index (κ1) is 17.3. The molecule has 0 fully saturated rings. The number of oxime groups is 1. The number of nitrogens with zero attached hydrogens (tertiary/aromatic N) is 2. The highest BCUT2D eigenvalue weighted by Crippen LogP contribution is 2.51. The van der Waals surface area contributed by atoms with Crippen LogP contribution in [0.2, 0.25) is 0 Å². The third-order valence-electron chi connectivity index (χ3n) is 5.72. The molecule has 2 aromatic carbocycles. The van der Waals surface area contributed by atoms with E-state index in [0.717, 1.165) is 46.3 Å². The predicted molar refractivity (Wildman–Crippen MR) is 104 cm³/mol. The lowest BCUT2D eigenvalue weighted by Crippen LogP contribution is -2.40. The summed E-state index contributed by atoms with van der Waals surface area (Å²) >= 11 is 0. The lowest BCUT2D eigenvalue weighted by molar-refractivity contribution is -0.0631. The summed E-state index contributed by atoms with van der Waals surface area (Å²) in [5.74, 6) is -0.560. The van der Waals surface area contributed by atoms with Gasteiger partial charge in [0.05, 0.1) is 11.2 Å². The number of rotatable bonds is 1. The number of hydrogen-bond donors (Lipinski definition) is 0. The van der Waals surface area contributed by atoms with E-state index >= 15 is 0 Å². The van der Waals surface area contributed by atoms with E-state index in [9.17, 15) is 8.78 Å². The molecule has 0 saturated heterocycles. The molecule has 1 spiro atoms. The summed E-state index contributed by atoms with van der Waals surface area (Å²) in [6, 6.07) is 13.0. The molecule has 0 amide bonds. The number of pyridine rings is 1. The van der Waals surface area contributed by atoms with Crippen molar-refractivity contribution in [3.05, 3.63) is 77.0 Å². The minimum atomic E-state index is -0.631. The normalized spacial score (nSPS) is 22.8. The van der Waals surface area contributed by atoms with Gasteiger partial charge in [-0.2, -0.15) is 0 Å². The molecule has 3 nitrogen and oxygen atoms in total. The molecule has 0 N–H and O–H groups in total. The van der Waals surface area contributed by atoms with Crippen molar-refractivity contribution in [2.75, 3.05) is 0 Å². The van der Waals surface area contributed by atoms with Crippen LogP contribution in [0.3, 0.4) is 0 Å². The van der Waals surface area contributed by atoms with Gasteiger partial charge in [-0.15, -0.1) is 0 Å². The largest absolute Gasteiger partial charge is 0.384 e. The molecule has 0 saturated carbocycles. The molecule has 5 heteroatoms. The summed E-state index contributed by atoms with van der Waals surface area (Å²) in [5, 5.41) is 5.13. The Bertz CT molecular complexity index is 1120. The van der Waals surface area contributed by atoms with Gasteiger partial charge in [-0.05, 0) is 53.8 Å². The molecule has 1 aromatic heterocycles. The van der Waals surface area contributed by atoms with Gasteiger partial charge in [-0.25, -0.2) is 8.78 Å². The quantitative estimate of drug-likeness (QED) is 0.560.